The average Bonchev–Trinajstić information content (AvgIpc) is 2.91. The number of amides is 2. The van der Waals surface area contributed by atoms with Crippen LogP contribution in [0.5, 0.6) is 11.5 Å². The van der Waals surface area contributed by atoms with Crippen LogP contribution >= 0.6 is 0 Å². The molecule has 4 aromatic rings. The highest BCUT2D eigenvalue weighted by molar-refractivity contribution is 6.06. The van der Waals surface area contributed by atoms with Crippen LogP contribution in [0.4, 0.5) is 49.1 Å². The first-order chi connectivity index (χ1) is 20.0. The van der Waals surface area contributed by atoms with E-state index >= 15 is 0 Å². The fourth-order valence-corrected chi connectivity index (χ4v) is 4.47. The lowest BCUT2D eigenvalue weighted by Crippen LogP contribution is -2.54. The smallest absolute Gasteiger partial charge is 0.411 e. The van der Waals surface area contributed by atoms with Crippen molar-refractivity contribution in [2.75, 3.05) is 22.1 Å². The third-order valence-electron chi connectivity index (χ3n) is 6.50. The van der Waals surface area contributed by atoms with Crippen LogP contribution in [-0.2, 0) is 5.41 Å². The molecule has 0 aliphatic rings. The van der Waals surface area contributed by atoms with Gasteiger partial charge in [0.05, 0.1) is 11.4 Å². The molecule has 0 aromatic heterocycles. The van der Waals surface area contributed by atoms with Crippen molar-refractivity contribution in [3.8, 4) is 11.5 Å². The van der Waals surface area contributed by atoms with Gasteiger partial charge in [0.2, 0.25) is 5.41 Å². The van der Waals surface area contributed by atoms with Gasteiger partial charge in [-0.3, -0.25) is 9.59 Å². The fraction of sp³-hybridized carbons (Fsp3) is 0.103. The largest absolute Gasteiger partial charge is 0.506 e. The Bertz CT molecular complexity index is 1580. The molecule has 0 heterocycles. The maximum Gasteiger partial charge on any atom is 0.411 e. The second kappa shape index (κ2) is 11.1. The Balaban J connectivity index is 1.86. The zero-order chi connectivity index (χ0) is 31.7. The second-order valence-electron chi connectivity index (χ2n) is 9.37. The number of nitrogens with one attached hydrogen (secondary N) is 2. The summed E-state index contributed by atoms with van der Waals surface area (Å²) in [5.41, 5.74) is 2.29. The predicted molar refractivity (Wildman–Crippen MR) is 147 cm³/mol. The van der Waals surface area contributed by atoms with Gasteiger partial charge in [0.1, 0.15) is 11.5 Å². The molecule has 0 atom stereocenters. The molecule has 4 aromatic carbocycles. The van der Waals surface area contributed by atoms with Crippen molar-refractivity contribution in [3.05, 3.63) is 107 Å². The number of alkyl halides is 6. The zero-order valence-corrected chi connectivity index (χ0v) is 21.7. The third-order valence-corrected chi connectivity index (χ3v) is 6.50. The molecule has 8 N–H and O–H groups in total. The number of phenols is 2. The normalized spacial score (nSPS) is 12.0. The lowest BCUT2D eigenvalue weighted by Gasteiger charge is -2.38. The maximum atomic E-state index is 14.8. The summed E-state index contributed by atoms with van der Waals surface area (Å²) in [4.78, 5) is 25.3. The van der Waals surface area contributed by atoms with Crippen LogP contribution in [-0.4, -0.2) is 34.4 Å². The summed E-state index contributed by atoms with van der Waals surface area (Å²) in [6, 6.07) is 13.3. The number of hydrogen-bond acceptors (Lipinski definition) is 6. The maximum absolute atomic E-state index is 14.8. The van der Waals surface area contributed by atoms with Gasteiger partial charge in [-0.1, -0.05) is 24.3 Å². The summed E-state index contributed by atoms with van der Waals surface area (Å²) in [5.74, 6) is -3.58. The topological polar surface area (TPSA) is 151 Å². The molecular weight excluding hydrogens is 582 g/mol. The Morgan fingerprint density at radius 2 is 0.953 bits per heavy atom. The van der Waals surface area contributed by atoms with Gasteiger partial charge in [-0.2, -0.15) is 26.3 Å². The summed E-state index contributed by atoms with van der Waals surface area (Å²) in [6.45, 7) is 0. The molecule has 0 bridgehead atoms. The van der Waals surface area contributed by atoms with Crippen LogP contribution in [0.3, 0.4) is 0 Å². The lowest BCUT2D eigenvalue weighted by atomic mass is 9.72. The number of carbonyl (C=O) groups is 2. The number of nitrogen functional groups attached to an aromatic ring is 2. The number of anilines is 4. The molecule has 0 fully saturated rings. The SMILES string of the molecule is Nc1cccc(C(=O)Nc2cc(C(c3ccc(O)c(NC(=O)c4cccc(N)c4)c3)(C(F)(F)F)C(F)(F)F)ccc2O)c1. The van der Waals surface area contributed by atoms with Crippen molar-refractivity contribution in [2.24, 2.45) is 0 Å². The van der Waals surface area contributed by atoms with Crippen LogP contribution in [0, 0.1) is 0 Å². The van der Waals surface area contributed by atoms with Crippen LogP contribution in [0.25, 0.3) is 0 Å². The summed E-state index contributed by atoms with van der Waals surface area (Å²) < 4.78 is 88.8. The number of aromatic hydroxyl groups is 2. The van der Waals surface area contributed by atoms with Crippen LogP contribution < -0.4 is 22.1 Å². The van der Waals surface area contributed by atoms with Gasteiger partial charge in [0.15, 0.2) is 0 Å². The number of phenolic OH excluding ortho intramolecular Hbond substituents is 2. The molecule has 14 heteroatoms. The van der Waals surface area contributed by atoms with E-state index in [1.807, 2.05) is 0 Å². The van der Waals surface area contributed by atoms with E-state index in [9.17, 15) is 46.1 Å². The number of carbonyl (C=O) groups excluding carboxylic acids is 2. The molecule has 0 aliphatic heterocycles. The van der Waals surface area contributed by atoms with Crippen LogP contribution in [0.15, 0.2) is 84.9 Å². The van der Waals surface area contributed by atoms with E-state index in [1.54, 1.807) is 0 Å². The Hall–Kier alpha value is -5.40. The predicted octanol–water partition coefficient (Wildman–Crippen LogP) is 6.18. The molecule has 0 unspecified atom stereocenters. The molecule has 2 amide bonds. The van der Waals surface area contributed by atoms with Crippen molar-refractivity contribution in [1.29, 1.82) is 0 Å². The van der Waals surface area contributed by atoms with Gasteiger partial charge < -0.3 is 32.3 Å². The fourth-order valence-electron chi connectivity index (χ4n) is 4.47. The average molecular weight is 605 g/mol. The Labute approximate surface area is 239 Å². The highest BCUT2D eigenvalue weighted by Gasteiger charge is 2.72. The van der Waals surface area contributed by atoms with Crippen LogP contribution in [0.1, 0.15) is 31.8 Å². The molecule has 0 spiro atoms. The molecule has 0 radical (unpaired) electrons. The quantitative estimate of drug-likeness (QED) is 0.0879. The van der Waals surface area contributed by atoms with E-state index in [0.717, 1.165) is 0 Å². The lowest BCUT2D eigenvalue weighted by molar-refractivity contribution is -0.288. The minimum atomic E-state index is -6.07. The van der Waals surface area contributed by atoms with Crippen molar-refractivity contribution in [3.63, 3.8) is 0 Å². The molecule has 8 nitrogen and oxygen atoms in total. The standard InChI is InChI=1S/C29H22F6N4O4/c30-28(31,32)27(29(33,34)35,17-7-9-23(40)21(13-17)38-25(42)15-3-1-5-19(36)11-15)18-8-10-24(41)22(14-18)39-26(43)16-4-2-6-20(37)12-16/h1-14,40-41H,36-37H2,(H,38,42)(H,39,43). The molecule has 0 saturated heterocycles. The van der Waals surface area contributed by atoms with E-state index in [2.05, 4.69) is 10.6 Å². The van der Waals surface area contributed by atoms with E-state index < -0.39 is 63.6 Å². The zero-order valence-electron chi connectivity index (χ0n) is 21.7. The summed E-state index contributed by atoms with van der Waals surface area (Å²) in [7, 11) is 0. The minimum absolute atomic E-state index is 0.0817. The van der Waals surface area contributed by atoms with Crippen molar-refractivity contribution in [1.82, 2.24) is 0 Å². The first-order valence-electron chi connectivity index (χ1n) is 12.2. The van der Waals surface area contributed by atoms with Crippen LogP contribution in [0.2, 0.25) is 0 Å². The van der Waals surface area contributed by atoms with E-state index in [4.69, 9.17) is 11.5 Å². The summed E-state index contributed by atoms with van der Waals surface area (Å²) in [6.07, 6.45) is -12.1. The third kappa shape index (κ3) is 5.84. The van der Waals surface area contributed by atoms with Crippen molar-refractivity contribution >= 4 is 34.6 Å². The van der Waals surface area contributed by atoms with Gasteiger partial charge in [-0.25, -0.2) is 0 Å². The Kier molecular flexibility index (Phi) is 7.90. The minimum Gasteiger partial charge on any atom is -0.506 e. The number of benzene rings is 4. The Morgan fingerprint density at radius 3 is 1.28 bits per heavy atom. The van der Waals surface area contributed by atoms with E-state index in [1.165, 1.54) is 48.5 Å². The van der Waals surface area contributed by atoms with Gasteiger partial charge in [-0.05, 0) is 71.8 Å². The molecule has 224 valence electrons. The number of rotatable bonds is 6. The molecular formula is C29H22F6N4O4. The molecule has 0 saturated carbocycles. The van der Waals surface area contributed by atoms with Crippen molar-refractivity contribution in [2.45, 2.75) is 17.8 Å². The summed E-state index contributed by atoms with van der Waals surface area (Å²) in [5, 5.41) is 24.7. The van der Waals surface area contributed by atoms with E-state index in [-0.39, 0.29) is 22.5 Å². The highest BCUT2D eigenvalue weighted by Crippen LogP contribution is 2.57. The molecule has 0 aliphatic carbocycles. The van der Waals surface area contributed by atoms with Gasteiger partial charge in [0.25, 0.3) is 11.8 Å². The first kappa shape index (κ1) is 30.6. The van der Waals surface area contributed by atoms with E-state index in [0.29, 0.717) is 36.4 Å². The monoisotopic (exact) mass is 604 g/mol. The molecule has 4 rings (SSSR count). The number of nitrogens with two attached hydrogens (primary N) is 2. The summed E-state index contributed by atoms with van der Waals surface area (Å²) >= 11 is 0. The first-order valence-corrected chi connectivity index (χ1v) is 12.2. The molecule has 43 heavy (non-hydrogen) atoms. The van der Waals surface area contributed by atoms with Gasteiger partial charge in [0, 0.05) is 22.5 Å². The van der Waals surface area contributed by atoms with Gasteiger partial charge >= 0.3 is 12.4 Å². The second-order valence-corrected chi connectivity index (χ2v) is 9.37. The Morgan fingerprint density at radius 1 is 0.581 bits per heavy atom. The van der Waals surface area contributed by atoms with Crippen molar-refractivity contribution < 1.29 is 46.1 Å². The number of halogens is 6. The van der Waals surface area contributed by atoms with Gasteiger partial charge in [-0.15, -0.1) is 0 Å². The number of hydrogen-bond donors (Lipinski definition) is 6. The highest BCUT2D eigenvalue weighted by atomic mass is 19.4.